The molecular formula is C8H11F2NO3. The van der Waals surface area contributed by atoms with Crippen molar-refractivity contribution >= 4 is 11.8 Å². The Balaban J connectivity index is 2.45. The van der Waals surface area contributed by atoms with Crippen LogP contribution in [-0.2, 0) is 9.59 Å². The second-order valence-electron chi connectivity index (χ2n) is 3.32. The normalized spacial score (nSPS) is 19.7. The molecule has 4 nitrogen and oxygen atoms in total. The zero-order chi connectivity index (χ0) is 10.8. The number of carboxylic acids is 1. The number of carboxylic acid groups (broad SMARTS) is 1. The number of nitrogens with zero attached hydrogens (tertiary/aromatic N) is 1. The maximum Gasteiger partial charge on any atom is 0.375 e. The van der Waals surface area contributed by atoms with E-state index in [0.29, 0.717) is 0 Å². The fourth-order valence-corrected chi connectivity index (χ4v) is 1.31. The predicted octanol–water partition coefficient (Wildman–Crippen LogP) is 0.371. The van der Waals surface area contributed by atoms with E-state index in [1.54, 1.807) is 0 Å². The van der Waals surface area contributed by atoms with Crippen molar-refractivity contribution in [3.63, 3.8) is 0 Å². The van der Waals surface area contributed by atoms with E-state index >= 15 is 0 Å². The SMILES string of the molecule is O=C1CCN(CC(F)(F)C(=O)O)CC1. The van der Waals surface area contributed by atoms with Crippen molar-refractivity contribution in [2.75, 3.05) is 19.6 Å². The van der Waals surface area contributed by atoms with E-state index in [1.165, 1.54) is 4.90 Å². The molecule has 80 valence electrons. The number of rotatable bonds is 3. The second kappa shape index (κ2) is 4.00. The van der Waals surface area contributed by atoms with Gasteiger partial charge in [0.15, 0.2) is 0 Å². The fourth-order valence-electron chi connectivity index (χ4n) is 1.31. The zero-order valence-corrected chi connectivity index (χ0v) is 7.50. The molecule has 1 N–H and O–H groups in total. The molecule has 0 spiro atoms. The number of alkyl halides is 2. The number of Topliss-reactive ketones (excluding diaryl/α,β-unsaturated/α-hetero) is 1. The average Bonchev–Trinajstić information content (AvgIpc) is 2.08. The van der Waals surface area contributed by atoms with Gasteiger partial charge < -0.3 is 5.11 Å². The van der Waals surface area contributed by atoms with Crippen LogP contribution < -0.4 is 0 Å². The highest BCUT2D eigenvalue weighted by molar-refractivity contribution is 5.79. The van der Waals surface area contributed by atoms with Crippen LogP contribution >= 0.6 is 0 Å². The van der Waals surface area contributed by atoms with Crippen LogP contribution in [0.2, 0.25) is 0 Å². The fraction of sp³-hybridized carbons (Fsp3) is 0.750. The van der Waals surface area contributed by atoms with Crippen molar-refractivity contribution in [3.8, 4) is 0 Å². The molecule has 0 radical (unpaired) electrons. The van der Waals surface area contributed by atoms with Crippen LogP contribution in [0.15, 0.2) is 0 Å². The lowest BCUT2D eigenvalue weighted by molar-refractivity contribution is -0.167. The Morgan fingerprint density at radius 1 is 1.43 bits per heavy atom. The summed E-state index contributed by atoms with van der Waals surface area (Å²) in [5.41, 5.74) is 0. The van der Waals surface area contributed by atoms with Gasteiger partial charge in [-0.2, -0.15) is 8.78 Å². The van der Waals surface area contributed by atoms with E-state index in [2.05, 4.69) is 0 Å². The standard InChI is InChI=1S/C8H11F2NO3/c9-8(10,7(13)14)5-11-3-1-6(12)2-4-11/h1-5H2,(H,13,14). The number of halogens is 2. The molecule has 0 aliphatic carbocycles. The molecule has 1 fully saturated rings. The molecule has 1 rings (SSSR count). The van der Waals surface area contributed by atoms with Crippen LogP contribution in [0.4, 0.5) is 8.78 Å². The quantitative estimate of drug-likeness (QED) is 0.726. The highest BCUT2D eigenvalue weighted by atomic mass is 19.3. The molecule has 1 aliphatic heterocycles. The van der Waals surface area contributed by atoms with E-state index in [4.69, 9.17) is 5.11 Å². The molecule has 0 saturated carbocycles. The Morgan fingerprint density at radius 3 is 2.36 bits per heavy atom. The summed E-state index contributed by atoms with van der Waals surface area (Å²) in [6.45, 7) is -0.362. The molecule has 1 aliphatic rings. The van der Waals surface area contributed by atoms with Gasteiger partial charge in [-0.25, -0.2) is 4.79 Å². The highest BCUT2D eigenvalue weighted by Gasteiger charge is 2.41. The van der Waals surface area contributed by atoms with Gasteiger partial charge in [0.2, 0.25) is 0 Å². The van der Waals surface area contributed by atoms with Crippen molar-refractivity contribution < 1.29 is 23.5 Å². The minimum atomic E-state index is -3.72. The van der Waals surface area contributed by atoms with E-state index in [-0.39, 0.29) is 31.7 Å². The summed E-state index contributed by atoms with van der Waals surface area (Å²) in [4.78, 5) is 22.2. The Kier molecular flexibility index (Phi) is 3.15. The summed E-state index contributed by atoms with van der Waals surface area (Å²) in [6, 6.07) is 0. The van der Waals surface area contributed by atoms with Gasteiger partial charge in [-0.3, -0.25) is 9.69 Å². The van der Waals surface area contributed by atoms with Gasteiger partial charge in [0.1, 0.15) is 5.78 Å². The molecule has 0 aromatic rings. The molecule has 1 saturated heterocycles. The molecule has 0 aromatic heterocycles. The molecule has 6 heteroatoms. The number of aliphatic carboxylic acids is 1. The summed E-state index contributed by atoms with van der Waals surface area (Å²) < 4.78 is 25.4. The maximum atomic E-state index is 12.7. The Hall–Kier alpha value is -1.04. The van der Waals surface area contributed by atoms with Crippen molar-refractivity contribution in [2.24, 2.45) is 0 Å². The van der Waals surface area contributed by atoms with Gasteiger partial charge in [0.25, 0.3) is 0 Å². The minimum absolute atomic E-state index is 0.0416. The summed E-state index contributed by atoms with van der Waals surface area (Å²) in [5, 5.41) is 8.18. The van der Waals surface area contributed by atoms with Crippen LogP contribution in [-0.4, -0.2) is 47.3 Å². The van der Waals surface area contributed by atoms with Crippen molar-refractivity contribution in [3.05, 3.63) is 0 Å². The van der Waals surface area contributed by atoms with Gasteiger partial charge in [-0.05, 0) is 0 Å². The maximum absolute atomic E-state index is 12.7. The lowest BCUT2D eigenvalue weighted by Crippen LogP contribution is -2.45. The lowest BCUT2D eigenvalue weighted by Gasteiger charge is -2.27. The third kappa shape index (κ3) is 2.73. The van der Waals surface area contributed by atoms with E-state index in [0.717, 1.165) is 0 Å². The Labute approximate surface area is 79.5 Å². The molecular weight excluding hydrogens is 196 g/mol. The smallest absolute Gasteiger partial charge is 0.375 e. The third-order valence-electron chi connectivity index (χ3n) is 2.15. The van der Waals surface area contributed by atoms with Crippen molar-refractivity contribution in [1.82, 2.24) is 4.90 Å². The van der Waals surface area contributed by atoms with E-state index in [1.807, 2.05) is 0 Å². The Bertz CT molecular complexity index is 245. The highest BCUT2D eigenvalue weighted by Crippen LogP contribution is 2.17. The van der Waals surface area contributed by atoms with Gasteiger partial charge in [0.05, 0.1) is 6.54 Å². The largest absolute Gasteiger partial charge is 0.477 e. The number of hydrogen-bond donors (Lipinski definition) is 1. The number of likely N-dealkylation sites (tertiary alicyclic amines) is 1. The van der Waals surface area contributed by atoms with Gasteiger partial charge in [-0.15, -0.1) is 0 Å². The number of hydrogen-bond acceptors (Lipinski definition) is 3. The van der Waals surface area contributed by atoms with Gasteiger partial charge in [-0.1, -0.05) is 0 Å². The minimum Gasteiger partial charge on any atom is -0.477 e. The molecule has 0 atom stereocenters. The van der Waals surface area contributed by atoms with Gasteiger partial charge >= 0.3 is 11.9 Å². The molecule has 1 heterocycles. The Morgan fingerprint density at radius 2 is 1.93 bits per heavy atom. The topological polar surface area (TPSA) is 57.6 Å². The monoisotopic (exact) mass is 207 g/mol. The first-order valence-corrected chi connectivity index (χ1v) is 4.27. The number of piperidine rings is 1. The van der Waals surface area contributed by atoms with Crippen LogP contribution in [0, 0.1) is 0 Å². The van der Waals surface area contributed by atoms with Crippen molar-refractivity contribution in [1.29, 1.82) is 0 Å². The van der Waals surface area contributed by atoms with Crippen molar-refractivity contribution in [2.45, 2.75) is 18.8 Å². The molecule has 0 unspecified atom stereocenters. The van der Waals surface area contributed by atoms with Crippen LogP contribution in [0.1, 0.15) is 12.8 Å². The first kappa shape index (κ1) is 11.0. The predicted molar refractivity (Wildman–Crippen MR) is 43.3 cm³/mol. The summed E-state index contributed by atoms with van der Waals surface area (Å²) in [7, 11) is 0. The second-order valence-corrected chi connectivity index (χ2v) is 3.32. The van der Waals surface area contributed by atoms with E-state index in [9.17, 15) is 18.4 Å². The molecule has 0 bridgehead atoms. The summed E-state index contributed by atoms with van der Waals surface area (Å²) in [5.74, 6) is -5.80. The van der Waals surface area contributed by atoms with Gasteiger partial charge in [0, 0.05) is 25.9 Å². The lowest BCUT2D eigenvalue weighted by atomic mass is 10.1. The van der Waals surface area contributed by atoms with Crippen LogP contribution in [0.25, 0.3) is 0 Å². The summed E-state index contributed by atoms with van der Waals surface area (Å²) in [6.07, 6.45) is 0.464. The summed E-state index contributed by atoms with van der Waals surface area (Å²) >= 11 is 0. The number of ketones is 1. The van der Waals surface area contributed by atoms with Crippen LogP contribution in [0.3, 0.4) is 0 Å². The zero-order valence-electron chi connectivity index (χ0n) is 7.50. The molecule has 0 aromatic carbocycles. The first-order chi connectivity index (χ1) is 6.42. The molecule has 14 heavy (non-hydrogen) atoms. The van der Waals surface area contributed by atoms with Crippen LogP contribution in [0.5, 0.6) is 0 Å². The average molecular weight is 207 g/mol. The first-order valence-electron chi connectivity index (χ1n) is 4.27. The third-order valence-corrected chi connectivity index (χ3v) is 2.15. The molecule has 0 amide bonds. The number of carbonyl (C=O) groups excluding carboxylic acids is 1. The number of carbonyl (C=O) groups is 2. The van der Waals surface area contributed by atoms with E-state index < -0.39 is 18.4 Å².